The molecule has 0 atom stereocenters. The van der Waals surface area contributed by atoms with E-state index in [1.807, 2.05) is 0 Å². The van der Waals surface area contributed by atoms with Crippen molar-refractivity contribution in [2.75, 3.05) is 11.8 Å². The van der Waals surface area contributed by atoms with E-state index in [9.17, 15) is 18.5 Å². The first-order chi connectivity index (χ1) is 10.3. The average molecular weight is 322 g/mol. The standard InChI is InChI=1S/C14H14N2O5S/c1-10-8-12(21-2)6-7-14(10)15-22(19,20)13-5-3-4-11(9-13)16(17)18/h3-9,15H,1-2H3. The van der Waals surface area contributed by atoms with Crippen LogP contribution in [-0.4, -0.2) is 20.5 Å². The van der Waals surface area contributed by atoms with Gasteiger partial charge in [-0.3, -0.25) is 14.8 Å². The number of hydrogen-bond donors (Lipinski definition) is 1. The third-order valence-electron chi connectivity index (χ3n) is 3.02. The number of hydrogen-bond acceptors (Lipinski definition) is 5. The average Bonchev–Trinajstić information content (AvgIpc) is 2.49. The molecule has 0 aromatic heterocycles. The van der Waals surface area contributed by atoms with Crippen LogP contribution in [-0.2, 0) is 10.0 Å². The molecule has 0 bridgehead atoms. The third kappa shape index (κ3) is 3.34. The summed E-state index contributed by atoms with van der Waals surface area (Å²) in [6.07, 6.45) is 0. The lowest BCUT2D eigenvalue weighted by molar-refractivity contribution is -0.385. The van der Waals surface area contributed by atoms with Crippen molar-refractivity contribution in [1.29, 1.82) is 0 Å². The Kier molecular flexibility index (Phi) is 4.32. The Hall–Kier alpha value is -2.61. The Morgan fingerprint density at radius 3 is 2.50 bits per heavy atom. The van der Waals surface area contributed by atoms with Gasteiger partial charge in [0.05, 0.1) is 22.6 Å². The van der Waals surface area contributed by atoms with E-state index in [2.05, 4.69) is 4.72 Å². The molecule has 0 aliphatic carbocycles. The van der Waals surface area contributed by atoms with Gasteiger partial charge in [0.2, 0.25) is 0 Å². The highest BCUT2D eigenvalue weighted by Gasteiger charge is 2.18. The van der Waals surface area contributed by atoms with Crippen LogP contribution in [0.15, 0.2) is 47.4 Å². The van der Waals surface area contributed by atoms with Gasteiger partial charge < -0.3 is 4.74 Å². The molecule has 0 radical (unpaired) electrons. The Balaban J connectivity index is 2.35. The maximum atomic E-state index is 12.3. The molecule has 0 saturated heterocycles. The number of benzene rings is 2. The first-order valence-electron chi connectivity index (χ1n) is 6.25. The molecular weight excluding hydrogens is 308 g/mol. The van der Waals surface area contributed by atoms with Gasteiger partial charge in [0.1, 0.15) is 5.75 Å². The van der Waals surface area contributed by atoms with E-state index in [4.69, 9.17) is 4.74 Å². The summed E-state index contributed by atoms with van der Waals surface area (Å²) in [6.45, 7) is 1.73. The molecule has 22 heavy (non-hydrogen) atoms. The Morgan fingerprint density at radius 1 is 1.18 bits per heavy atom. The van der Waals surface area contributed by atoms with Crippen LogP contribution >= 0.6 is 0 Å². The van der Waals surface area contributed by atoms with Gasteiger partial charge in [-0.1, -0.05) is 6.07 Å². The summed E-state index contributed by atoms with van der Waals surface area (Å²) in [5.41, 5.74) is 0.773. The van der Waals surface area contributed by atoms with E-state index in [0.717, 1.165) is 6.07 Å². The molecule has 0 heterocycles. The molecule has 0 unspecified atom stereocenters. The van der Waals surface area contributed by atoms with Crippen molar-refractivity contribution in [3.05, 3.63) is 58.1 Å². The topological polar surface area (TPSA) is 98.5 Å². The number of nitro groups is 1. The number of aryl methyl sites for hydroxylation is 1. The highest BCUT2D eigenvalue weighted by atomic mass is 32.2. The highest BCUT2D eigenvalue weighted by Crippen LogP contribution is 2.25. The summed E-state index contributed by atoms with van der Waals surface area (Å²) in [5.74, 6) is 0.607. The predicted molar refractivity (Wildman–Crippen MR) is 81.6 cm³/mol. The Labute approximate surface area is 127 Å². The lowest BCUT2D eigenvalue weighted by Crippen LogP contribution is -2.14. The van der Waals surface area contributed by atoms with Gasteiger partial charge in [-0.25, -0.2) is 8.42 Å². The second kappa shape index (κ2) is 6.02. The Morgan fingerprint density at radius 2 is 1.91 bits per heavy atom. The van der Waals surface area contributed by atoms with E-state index < -0.39 is 14.9 Å². The smallest absolute Gasteiger partial charge is 0.270 e. The molecule has 116 valence electrons. The lowest BCUT2D eigenvalue weighted by Gasteiger charge is -2.11. The summed E-state index contributed by atoms with van der Waals surface area (Å²) >= 11 is 0. The quantitative estimate of drug-likeness (QED) is 0.674. The van der Waals surface area contributed by atoms with Crippen LogP contribution in [0.3, 0.4) is 0 Å². The molecule has 2 rings (SSSR count). The zero-order valence-electron chi connectivity index (χ0n) is 11.9. The second-order valence-electron chi connectivity index (χ2n) is 4.54. The van der Waals surface area contributed by atoms with Crippen LogP contribution in [0.2, 0.25) is 0 Å². The molecule has 0 saturated carbocycles. The Bertz CT molecular complexity index is 818. The summed E-state index contributed by atoms with van der Waals surface area (Å²) in [4.78, 5) is 9.93. The number of rotatable bonds is 5. The largest absolute Gasteiger partial charge is 0.497 e. The summed E-state index contributed by atoms with van der Waals surface area (Å²) in [7, 11) is -2.39. The highest BCUT2D eigenvalue weighted by molar-refractivity contribution is 7.92. The fourth-order valence-corrected chi connectivity index (χ4v) is 3.02. The van der Waals surface area contributed by atoms with Crippen LogP contribution in [0, 0.1) is 17.0 Å². The number of nitrogens with zero attached hydrogens (tertiary/aromatic N) is 1. The van der Waals surface area contributed by atoms with Crippen molar-refractivity contribution >= 4 is 21.4 Å². The molecule has 0 amide bonds. The molecule has 0 spiro atoms. The van der Waals surface area contributed by atoms with Crippen molar-refractivity contribution in [2.24, 2.45) is 0 Å². The minimum Gasteiger partial charge on any atom is -0.497 e. The zero-order chi connectivity index (χ0) is 16.3. The van der Waals surface area contributed by atoms with E-state index in [0.29, 0.717) is 17.0 Å². The van der Waals surface area contributed by atoms with Gasteiger partial charge >= 0.3 is 0 Å². The number of sulfonamides is 1. The van der Waals surface area contributed by atoms with Gasteiger partial charge in [0.15, 0.2) is 0 Å². The summed E-state index contributed by atoms with van der Waals surface area (Å²) < 4.78 is 32.1. The number of anilines is 1. The molecule has 0 fully saturated rings. The van der Waals surface area contributed by atoms with Crippen molar-refractivity contribution in [3.8, 4) is 5.75 Å². The van der Waals surface area contributed by atoms with E-state index >= 15 is 0 Å². The lowest BCUT2D eigenvalue weighted by atomic mass is 10.2. The molecular formula is C14H14N2O5S. The first kappa shape index (κ1) is 15.8. The van der Waals surface area contributed by atoms with Gasteiger partial charge in [-0.15, -0.1) is 0 Å². The molecule has 0 aliphatic rings. The summed E-state index contributed by atoms with van der Waals surface area (Å²) in [5, 5.41) is 10.7. The minimum absolute atomic E-state index is 0.170. The van der Waals surface area contributed by atoms with Crippen molar-refractivity contribution in [3.63, 3.8) is 0 Å². The maximum absolute atomic E-state index is 12.3. The second-order valence-corrected chi connectivity index (χ2v) is 6.22. The molecule has 1 N–H and O–H groups in total. The monoisotopic (exact) mass is 322 g/mol. The van der Waals surface area contributed by atoms with Gasteiger partial charge in [0.25, 0.3) is 15.7 Å². The van der Waals surface area contributed by atoms with Crippen LogP contribution < -0.4 is 9.46 Å². The number of nitrogens with one attached hydrogen (secondary N) is 1. The van der Waals surface area contributed by atoms with Crippen molar-refractivity contribution in [2.45, 2.75) is 11.8 Å². The van der Waals surface area contributed by atoms with Crippen molar-refractivity contribution < 1.29 is 18.1 Å². The SMILES string of the molecule is COc1ccc(NS(=O)(=O)c2cccc([N+](=O)[O-])c2)c(C)c1. The summed E-state index contributed by atoms with van der Waals surface area (Å²) in [6, 6.07) is 9.76. The molecule has 0 aliphatic heterocycles. The van der Waals surface area contributed by atoms with Crippen LogP contribution in [0.5, 0.6) is 5.75 Å². The van der Waals surface area contributed by atoms with Gasteiger partial charge in [-0.2, -0.15) is 0 Å². The van der Waals surface area contributed by atoms with E-state index in [1.54, 1.807) is 25.1 Å². The zero-order valence-corrected chi connectivity index (χ0v) is 12.8. The minimum atomic E-state index is -3.91. The fourth-order valence-electron chi connectivity index (χ4n) is 1.85. The normalized spacial score (nSPS) is 11.0. The maximum Gasteiger partial charge on any atom is 0.270 e. The van der Waals surface area contributed by atoms with E-state index in [-0.39, 0.29) is 10.6 Å². The molecule has 2 aromatic carbocycles. The molecule has 7 nitrogen and oxygen atoms in total. The fraction of sp³-hybridized carbons (Fsp3) is 0.143. The number of non-ortho nitro benzene ring substituents is 1. The van der Waals surface area contributed by atoms with Crippen LogP contribution in [0.25, 0.3) is 0 Å². The number of nitro benzene ring substituents is 1. The third-order valence-corrected chi connectivity index (χ3v) is 4.38. The van der Waals surface area contributed by atoms with Gasteiger partial charge in [-0.05, 0) is 36.8 Å². The van der Waals surface area contributed by atoms with E-state index in [1.165, 1.54) is 25.3 Å². The predicted octanol–water partition coefficient (Wildman–Crippen LogP) is 2.71. The molecule has 8 heteroatoms. The number of ether oxygens (including phenoxy) is 1. The van der Waals surface area contributed by atoms with Gasteiger partial charge in [0, 0.05) is 12.1 Å². The van der Waals surface area contributed by atoms with Crippen molar-refractivity contribution in [1.82, 2.24) is 0 Å². The first-order valence-corrected chi connectivity index (χ1v) is 7.74. The van der Waals surface area contributed by atoms with Crippen LogP contribution in [0.4, 0.5) is 11.4 Å². The number of methoxy groups -OCH3 is 1. The van der Waals surface area contributed by atoms with Crippen LogP contribution in [0.1, 0.15) is 5.56 Å². The molecule has 2 aromatic rings.